The first kappa shape index (κ1) is 29.7. The summed E-state index contributed by atoms with van der Waals surface area (Å²) in [6.45, 7) is 12.1. The van der Waals surface area contributed by atoms with Crippen molar-refractivity contribution in [3.8, 4) is 22.8 Å². The van der Waals surface area contributed by atoms with Crippen LogP contribution in [-0.2, 0) is 18.0 Å². The van der Waals surface area contributed by atoms with Gasteiger partial charge in [0.15, 0.2) is 11.6 Å². The summed E-state index contributed by atoms with van der Waals surface area (Å²) in [6.07, 6.45) is 6.86. The van der Waals surface area contributed by atoms with E-state index in [2.05, 4.69) is 34.7 Å². The molecule has 1 saturated carbocycles. The number of aromatic nitrogens is 6. The number of benzene rings is 2. The number of fused-ring (bicyclic) bond motifs is 2. The molecule has 5 aromatic rings. The van der Waals surface area contributed by atoms with Gasteiger partial charge in [-0.25, -0.2) is 14.4 Å². The first-order chi connectivity index (χ1) is 20.4. The lowest BCUT2D eigenvalue weighted by Crippen LogP contribution is -2.42. The third kappa shape index (κ3) is 6.31. The van der Waals surface area contributed by atoms with E-state index < -0.39 is 19.5 Å². The van der Waals surface area contributed by atoms with Crippen molar-refractivity contribution in [1.82, 2.24) is 29.3 Å². The molecule has 43 heavy (non-hydrogen) atoms. The lowest BCUT2D eigenvalue weighted by molar-refractivity contribution is -0.0626. The number of aryl methyl sites for hydroxylation is 1. The molecular formula is C31H36ClFN6O3Si. The molecule has 1 aliphatic rings. The maximum Gasteiger partial charge on any atom is 0.191 e. The summed E-state index contributed by atoms with van der Waals surface area (Å²) in [6, 6.07) is 7.72. The zero-order chi connectivity index (χ0) is 30.5. The minimum Gasteiger partial charge on any atom is -0.453 e. The highest BCUT2D eigenvalue weighted by Gasteiger charge is 2.38. The monoisotopic (exact) mass is 622 g/mol. The maximum absolute atomic E-state index is 15.9. The predicted molar refractivity (Wildman–Crippen MR) is 168 cm³/mol. The van der Waals surface area contributed by atoms with Gasteiger partial charge in [-0.2, -0.15) is 5.10 Å². The molecule has 1 aliphatic carbocycles. The van der Waals surface area contributed by atoms with Gasteiger partial charge in [0.05, 0.1) is 34.7 Å². The molecule has 226 valence electrons. The fraction of sp³-hybridized carbons (Fsp3) is 0.419. The Labute approximate surface area is 255 Å². The molecule has 0 saturated heterocycles. The SMILES string of the molecule is Cc1nc2ccc(Oc3ccc4ncc(-c5cnn(CC6CC(C)(O)C6)c5)nc4c3Cl)c(F)c2n1COCC[Si](C)(C)C. The Morgan fingerprint density at radius 1 is 1.09 bits per heavy atom. The zero-order valence-corrected chi connectivity index (χ0v) is 26.8. The number of ether oxygens (including phenoxy) is 2. The van der Waals surface area contributed by atoms with E-state index in [9.17, 15) is 5.11 Å². The highest BCUT2D eigenvalue weighted by molar-refractivity contribution is 6.76. The van der Waals surface area contributed by atoms with Gasteiger partial charge in [-0.3, -0.25) is 9.67 Å². The van der Waals surface area contributed by atoms with Crippen molar-refractivity contribution in [3.05, 3.63) is 59.5 Å². The number of rotatable bonds is 10. The minimum atomic E-state index is -1.24. The van der Waals surface area contributed by atoms with E-state index in [4.69, 9.17) is 26.1 Å². The smallest absolute Gasteiger partial charge is 0.191 e. The van der Waals surface area contributed by atoms with Crippen LogP contribution < -0.4 is 4.74 Å². The lowest BCUT2D eigenvalue weighted by Gasteiger charge is -2.40. The first-order valence-electron chi connectivity index (χ1n) is 14.5. The number of halogens is 2. The van der Waals surface area contributed by atoms with Crippen LogP contribution in [0.3, 0.4) is 0 Å². The number of aliphatic hydroxyl groups is 1. The zero-order valence-electron chi connectivity index (χ0n) is 25.1. The van der Waals surface area contributed by atoms with Crippen molar-refractivity contribution in [2.24, 2.45) is 5.92 Å². The van der Waals surface area contributed by atoms with Crippen LogP contribution in [0.4, 0.5) is 4.39 Å². The summed E-state index contributed by atoms with van der Waals surface area (Å²) in [4.78, 5) is 13.8. The van der Waals surface area contributed by atoms with E-state index in [0.29, 0.717) is 46.1 Å². The van der Waals surface area contributed by atoms with Gasteiger partial charge in [0.1, 0.15) is 34.4 Å². The Balaban J connectivity index is 1.24. The summed E-state index contributed by atoms with van der Waals surface area (Å²) >= 11 is 6.78. The second-order valence-electron chi connectivity index (χ2n) is 13.0. The van der Waals surface area contributed by atoms with E-state index in [1.807, 2.05) is 24.7 Å². The van der Waals surface area contributed by atoms with E-state index in [1.165, 1.54) is 0 Å². The number of hydrogen-bond acceptors (Lipinski definition) is 7. The van der Waals surface area contributed by atoms with Crippen LogP contribution in [0.25, 0.3) is 33.3 Å². The van der Waals surface area contributed by atoms with Crippen LogP contribution >= 0.6 is 11.6 Å². The predicted octanol–water partition coefficient (Wildman–Crippen LogP) is 7.21. The second kappa shape index (κ2) is 11.3. The first-order valence-corrected chi connectivity index (χ1v) is 18.6. The van der Waals surface area contributed by atoms with Gasteiger partial charge >= 0.3 is 0 Å². The van der Waals surface area contributed by atoms with Crippen LogP contribution in [0.1, 0.15) is 25.6 Å². The summed E-state index contributed by atoms with van der Waals surface area (Å²) in [7, 11) is -1.24. The van der Waals surface area contributed by atoms with Gasteiger partial charge in [0.2, 0.25) is 0 Å². The average Bonchev–Trinajstić information content (AvgIpc) is 3.52. The second-order valence-corrected chi connectivity index (χ2v) is 19.0. The molecule has 1 fully saturated rings. The highest BCUT2D eigenvalue weighted by atomic mass is 35.5. The molecule has 2 aromatic carbocycles. The molecule has 0 bridgehead atoms. The number of nitrogens with zero attached hydrogens (tertiary/aromatic N) is 6. The van der Waals surface area contributed by atoms with Crippen LogP contribution in [0.15, 0.2) is 42.9 Å². The van der Waals surface area contributed by atoms with Gasteiger partial charge < -0.3 is 19.1 Å². The fourth-order valence-electron chi connectivity index (χ4n) is 5.59. The molecule has 3 aromatic heterocycles. The summed E-state index contributed by atoms with van der Waals surface area (Å²) in [5.41, 5.74) is 2.72. The topological polar surface area (TPSA) is 100 Å². The van der Waals surface area contributed by atoms with Gasteiger partial charge in [0.25, 0.3) is 0 Å². The van der Waals surface area contributed by atoms with Crippen molar-refractivity contribution >= 4 is 41.7 Å². The molecule has 0 unspecified atom stereocenters. The number of hydrogen-bond donors (Lipinski definition) is 1. The van der Waals surface area contributed by atoms with Crippen molar-refractivity contribution < 1.29 is 19.0 Å². The molecular weight excluding hydrogens is 587 g/mol. The van der Waals surface area contributed by atoms with E-state index in [-0.39, 0.29) is 23.3 Å². The molecule has 12 heteroatoms. The molecule has 3 heterocycles. The summed E-state index contributed by atoms with van der Waals surface area (Å²) < 4.78 is 31.4. The molecule has 0 atom stereocenters. The van der Waals surface area contributed by atoms with E-state index in [1.54, 1.807) is 41.2 Å². The molecule has 6 rings (SSSR count). The maximum atomic E-state index is 15.9. The Morgan fingerprint density at radius 3 is 2.58 bits per heavy atom. The van der Waals surface area contributed by atoms with Gasteiger partial charge in [-0.05, 0) is 62.9 Å². The Hall–Kier alpha value is -3.38. The lowest BCUT2D eigenvalue weighted by atomic mass is 9.72. The van der Waals surface area contributed by atoms with Crippen LogP contribution in [-0.4, -0.2) is 54.7 Å². The average molecular weight is 623 g/mol. The Bertz CT molecular complexity index is 1810. The standard InChI is InChI=1S/C31H36ClFN6O3Si/c1-19-36-23-7-9-26(28(33)30(23)39(19)18-41-10-11-43(3,4)5)42-25-8-6-22-29(27(25)32)37-24(15-34-22)21-14-35-38(17-21)16-20-12-31(2,40)13-20/h6-9,14-15,17,20,40H,10-13,16,18H2,1-5H3. The summed E-state index contributed by atoms with van der Waals surface area (Å²) in [5, 5.41) is 14.7. The van der Waals surface area contributed by atoms with Crippen molar-refractivity contribution in [2.75, 3.05) is 6.61 Å². The normalized spacial score (nSPS) is 18.8. The molecule has 0 radical (unpaired) electrons. The van der Waals surface area contributed by atoms with Gasteiger partial charge in [-0.1, -0.05) is 31.2 Å². The number of imidazole rings is 1. The fourth-order valence-corrected chi connectivity index (χ4v) is 6.58. The van der Waals surface area contributed by atoms with Crippen molar-refractivity contribution in [1.29, 1.82) is 0 Å². The third-order valence-electron chi connectivity index (χ3n) is 7.89. The minimum absolute atomic E-state index is 0.0253. The molecule has 1 N–H and O–H groups in total. The molecule has 0 spiro atoms. The van der Waals surface area contributed by atoms with Gasteiger partial charge in [0, 0.05) is 33.0 Å². The van der Waals surface area contributed by atoms with Gasteiger partial charge in [-0.15, -0.1) is 0 Å². The van der Waals surface area contributed by atoms with Crippen LogP contribution in [0.2, 0.25) is 30.7 Å². The summed E-state index contributed by atoms with van der Waals surface area (Å²) in [5.74, 6) is 0.805. The molecule has 0 amide bonds. The highest BCUT2D eigenvalue weighted by Crippen LogP contribution is 2.39. The third-order valence-corrected chi connectivity index (χ3v) is 9.96. The van der Waals surface area contributed by atoms with E-state index in [0.717, 1.165) is 31.0 Å². The molecule has 9 nitrogen and oxygen atoms in total. The quantitative estimate of drug-likeness (QED) is 0.130. The van der Waals surface area contributed by atoms with Crippen LogP contribution in [0.5, 0.6) is 11.5 Å². The van der Waals surface area contributed by atoms with Crippen molar-refractivity contribution in [2.45, 2.75) is 71.3 Å². The van der Waals surface area contributed by atoms with Crippen LogP contribution in [0, 0.1) is 18.7 Å². The Kier molecular flexibility index (Phi) is 7.78. The van der Waals surface area contributed by atoms with Crippen molar-refractivity contribution in [3.63, 3.8) is 0 Å². The largest absolute Gasteiger partial charge is 0.453 e. The Morgan fingerprint density at radius 2 is 1.84 bits per heavy atom. The van der Waals surface area contributed by atoms with E-state index >= 15 is 4.39 Å². The molecule has 0 aliphatic heterocycles.